The number of β-amino-alcohol motifs (C(OH)–C–C–N with tert-alkyl or cyclic N) is 1. The number of hydrogen-bond donors (Lipinski definition) is 2. The first-order chi connectivity index (χ1) is 8.85. The van der Waals surface area contributed by atoms with Crippen molar-refractivity contribution in [3.63, 3.8) is 0 Å². The largest absolute Gasteiger partial charge is 0.395 e. The predicted molar refractivity (Wildman–Crippen MR) is 74.5 cm³/mol. The van der Waals surface area contributed by atoms with E-state index >= 15 is 0 Å². The van der Waals surface area contributed by atoms with Crippen molar-refractivity contribution in [1.29, 1.82) is 0 Å². The summed E-state index contributed by atoms with van der Waals surface area (Å²) >= 11 is 0. The first kappa shape index (κ1) is 14.3. The summed E-state index contributed by atoms with van der Waals surface area (Å²) in [5, 5.41) is 9.03. The molecule has 0 aromatic rings. The molecule has 1 heterocycles. The Morgan fingerprint density at radius 2 is 1.83 bits per heavy atom. The Hall–Kier alpha value is -0.160. The molecule has 0 bridgehead atoms. The normalized spacial score (nSPS) is 32.3. The average Bonchev–Trinajstić information content (AvgIpc) is 2.65. The van der Waals surface area contributed by atoms with Crippen LogP contribution in [-0.2, 0) is 0 Å². The molecule has 0 spiro atoms. The molecule has 3 N–H and O–H groups in total. The lowest BCUT2D eigenvalue weighted by atomic mass is 9.83. The van der Waals surface area contributed by atoms with Gasteiger partial charge in [-0.2, -0.15) is 0 Å². The molecule has 4 heteroatoms. The minimum Gasteiger partial charge on any atom is -0.395 e. The van der Waals surface area contributed by atoms with E-state index < -0.39 is 0 Å². The fraction of sp³-hybridized carbons (Fsp3) is 1.00. The zero-order valence-corrected chi connectivity index (χ0v) is 11.6. The van der Waals surface area contributed by atoms with Crippen LogP contribution in [-0.4, -0.2) is 66.8 Å². The summed E-state index contributed by atoms with van der Waals surface area (Å²) in [5.74, 6) is 0.711. The van der Waals surface area contributed by atoms with Gasteiger partial charge in [0, 0.05) is 25.7 Å². The highest BCUT2D eigenvalue weighted by Gasteiger charge is 2.30. The van der Waals surface area contributed by atoms with Gasteiger partial charge in [-0.15, -0.1) is 0 Å². The maximum atomic E-state index is 9.03. The summed E-state index contributed by atoms with van der Waals surface area (Å²) in [6.45, 7) is 6.57. The monoisotopic (exact) mass is 255 g/mol. The molecule has 0 aromatic carbocycles. The standard InChI is InChI=1S/C14H29N3O/c15-12-13-4-1-2-5-14(13)17-7-3-6-16(8-9-17)10-11-18/h13-14,18H,1-12,15H2. The van der Waals surface area contributed by atoms with E-state index in [-0.39, 0.29) is 6.61 Å². The molecule has 2 atom stereocenters. The summed E-state index contributed by atoms with van der Waals surface area (Å²) < 4.78 is 0. The zero-order valence-electron chi connectivity index (χ0n) is 11.6. The van der Waals surface area contributed by atoms with Gasteiger partial charge in [0.15, 0.2) is 0 Å². The maximum absolute atomic E-state index is 9.03. The van der Waals surface area contributed by atoms with Gasteiger partial charge in [-0.05, 0) is 44.8 Å². The van der Waals surface area contributed by atoms with Crippen LogP contribution in [0.3, 0.4) is 0 Å². The van der Waals surface area contributed by atoms with Crippen molar-refractivity contribution in [2.24, 2.45) is 11.7 Å². The molecule has 2 unspecified atom stereocenters. The summed E-state index contributed by atoms with van der Waals surface area (Å²) in [7, 11) is 0. The van der Waals surface area contributed by atoms with Crippen molar-refractivity contribution in [3.05, 3.63) is 0 Å². The molecular weight excluding hydrogens is 226 g/mol. The summed E-state index contributed by atoms with van der Waals surface area (Å²) in [6.07, 6.45) is 6.62. The summed E-state index contributed by atoms with van der Waals surface area (Å²) in [4.78, 5) is 5.06. The lowest BCUT2D eigenvalue weighted by molar-refractivity contribution is 0.109. The van der Waals surface area contributed by atoms with Gasteiger partial charge >= 0.3 is 0 Å². The van der Waals surface area contributed by atoms with Crippen LogP contribution in [0.25, 0.3) is 0 Å². The van der Waals surface area contributed by atoms with Gasteiger partial charge in [0.2, 0.25) is 0 Å². The molecule has 1 aliphatic heterocycles. The lowest BCUT2D eigenvalue weighted by Crippen LogP contribution is -2.46. The molecule has 4 nitrogen and oxygen atoms in total. The van der Waals surface area contributed by atoms with Crippen molar-refractivity contribution in [2.45, 2.75) is 38.1 Å². The Labute approximate surface area is 111 Å². The first-order valence-electron chi connectivity index (χ1n) is 7.62. The van der Waals surface area contributed by atoms with E-state index in [1.165, 1.54) is 38.6 Å². The van der Waals surface area contributed by atoms with Crippen molar-refractivity contribution in [2.75, 3.05) is 45.9 Å². The lowest BCUT2D eigenvalue weighted by Gasteiger charge is -2.39. The maximum Gasteiger partial charge on any atom is 0.0558 e. The predicted octanol–water partition coefficient (Wildman–Crippen LogP) is 0.504. The molecular formula is C14H29N3O. The smallest absolute Gasteiger partial charge is 0.0558 e. The molecule has 2 aliphatic rings. The fourth-order valence-corrected chi connectivity index (χ4v) is 3.63. The highest BCUT2D eigenvalue weighted by Crippen LogP contribution is 2.28. The molecule has 0 amide bonds. The molecule has 1 saturated carbocycles. The van der Waals surface area contributed by atoms with Crippen molar-refractivity contribution in [3.8, 4) is 0 Å². The van der Waals surface area contributed by atoms with Crippen LogP contribution in [0.4, 0.5) is 0 Å². The Balaban J connectivity index is 1.87. The second-order valence-electron chi connectivity index (χ2n) is 5.80. The van der Waals surface area contributed by atoms with Crippen LogP contribution < -0.4 is 5.73 Å². The van der Waals surface area contributed by atoms with Crippen molar-refractivity contribution < 1.29 is 5.11 Å². The third-order valence-corrected chi connectivity index (χ3v) is 4.68. The van der Waals surface area contributed by atoms with Crippen LogP contribution in [0.15, 0.2) is 0 Å². The topological polar surface area (TPSA) is 52.7 Å². The Kier molecular flexibility index (Phi) is 5.89. The first-order valence-corrected chi connectivity index (χ1v) is 7.62. The number of aliphatic hydroxyl groups excluding tert-OH is 1. The van der Waals surface area contributed by atoms with Crippen molar-refractivity contribution >= 4 is 0 Å². The summed E-state index contributed by atoms with van der Waals surface area (Å²) in [5.41, 5.74) is 5.94. The minimum absolute atomic E-state index is 0.287. The van der Waals surface area contributed by atoms with Gasteiger partial charge in [-0.25, -0.2) is 0 Å². The number of rotatable bonds is 4. The molecule has 106 valence electrons. The van der Waals surface area contributed by atoms with Gasteiger partial charge in [0.25, 0.3) is 0 Å². The quantitative estimate of drug-likeness (QED) is 0.768. The van der Waals surface area contributed by atoms with Crippen LogP contribution in [0, 0.1) is 5.92 Å². The van der Waals surface area contributed by atoms with E-state index in [0.717, 1.165) is 38.8 Å². The van der Waals surface area contributed by atoms with Gasteiger partial charge in [0.1, 0.15) is 0 Å². The van der Waals surface area contributed by atoms with Gasteiger partial charge < -0.3 is 10.8 Å². The van der Waals surface area contributed by atoms with Crippen molar-refractivity contribution in [1.82, 2.24) is 9.80 Å². The van der Waals surface area contributed by atoms with Crippen LogP contribution >= 0.6 is 0 Å². The Morgan fingerprint density at radius 1 is 1.00 bits per heavy atom. The molecule has 0 aromatic heterocycles. The van der Waals surface area contributed by atoms with E-state index in [1.807, 2.05) is 0 Å². The van der Waals surface area contributed by atoms with Gasteiger partial charge in [0.05, 0.1) is 6.61 Å². The molecule has 1 saturated heterocycles. The zero-order chi connectivity index (χ0) is 12.8. The van der Waals surface area contributed by atoms with Gasteiger partial charge in [-0.3, -0.25) is 9.80 Å². The second-order valence-corrected chi connectivity index (χ2v) is 5.80. The highest BCUT2D eigenvalue weighted by molar-refractivity contribution is 4.85. The molecule has 1 aliphatic carbocycles. The molecule has 2 rings (SSSR count). The average molecular weight is 255 g/mol. The Bertz CT molecular complexity index is 237. The summed E-state index contributed by atoms with van der Waals surface area (Å²) in [6, 6.07) is 0.720. The Morgan fingerprint density at radius 3 is 2.61 bits per heavy atom. The number of hydrogen-bond acceptors (Lipinski definition) is 4. The van der Waals surface area contributed by atoms with Crippen LogP contribution in [0.2, 0.25) is 0 Å². The number of aliphatic hydroxyl groups is 1. The van der Waals surface area contributed by atoms with E-state index in [2.05, 4.69) is 9.80 Å². The van der Waals surface area contributed by atoms with Crippen LogP contribution in [0.1, 0.15) is 32.1 Å². The third-order valence-electron chi connectivity index (χ3n) is 4.68. The minimum atomic E-state index is 0.287. The molecule has 2 fully saturated rings. The highest BCUT2D eigenvalue weighted by atomic mass is 16.3. The number of nitrogens with zero attached hydrogens (tertiary/aromatic N) is 2. The van der Waals surface area contributed by atoms with E-state index in [0.29, 0.717) is 5.92 Å². The molecule has 0 radical (unpaired) electrons. The molecule has 18 heavy (non-hydrogen) atoms. The second kappa shape index (κ2) is 7.43. The van der Waals surface area contributed by atoms with E-state index in [4.69, 9.17) is 10.8 Å². The number of nitrogens with two attached hydrogens (primary N) is 1. The van der Waals surface area contributed by atoms with Crippen LogP contribution in [0.5, 0.6) is 0 Å². The van der Waals surface area contributed by atoms with Gasteiger partial charge in [-0.1, -0.05) is 12.8 Å². The third kappa shape index (κ3) is 3.67. The fourth-order valence-electron chi connectivity index (χ4n) is 3.63. The van der Waals surface area contributed by atoms with E-state index in [9.17, 15) is 0 Å². The van der Waals surface area contributed by atoms with E-state index in [1.54, 1.807) is 0 Å². The SMILES string of the molecule is NCC1CCCCC1N1CCCN(CCO)CC1.